The lowest BCUT2D eigenvalue weighted by Crippen LogP contribution is -2.08. The van der Waals surface area contributed by atoms with E-state index in [0.29, 0.717) is 22.6 Å². The van der Waals surface area contributed by atoms with Gasteiger partial charge in [-0.1, -0.05) is 46.3 Å². The number of carbonyl (C=O) groups excluding carboxylic acids is 2. The van der Waals surface area contributed by atoms with Gasteiger partial charge >= 0.3 is 5.97 Å². The van der Waals surface area contributed by atoms with Crippen molar-refractivity contribution in [3.8, 4) is 11.5 Å². The molecule has 0 aliphatic carbocycles. The summed E-state index contributed by atoms with van der Waals surface area (Å²) in [4.78, 5) is 24.7. The van der Waals surface area contributed by atoms with Crippen LogP contribution >= 0.6 is 15.9 Å². The Bertz CT molecular complexity index is 1070. The van der Waals surface area contributed by atoms with E-state index >= 15 is 0 Å². The number of esters is 1. The number of allylic oxidation sites excluding steroid dienone is 1. The van der Waals surface area contributed by atoms with Crippen LogP contribution in [0.25, 0.3) is 6.08 Å². The van der Waals surface area contributed by atoms with Gasteiger partial charge in [-0.05, 0) is 48.0 Å². The Hall–Kier alpha value is -3.18. The molecule has 132 valence electrons. The largest absolute Gasteiger partial charge is 0.452 e. The van der Waals surface area contributed by atoms with Crippen molar-refractivity contribution in [3.05, 3.63) is 99.7 Å². The molecule has 1 aliphatic rings. The molecular weight excluding hydrogens is 408 g/mol. The van der Waals surface area contributed by atoms with E-state index in [4.69, 9.17) is 9.47 Å². The number of rotatable bonds is 3. The van der Waals surface area contributed by atoms with Crippen molar-refractivity contribution >= 4 is 33.8 Å². The van der Waals surface area contributed by atoms with Crippen LogP contribution < -0.4 is 9.47 Å². The van der Waals surface area contributed by atoms with Gasteiger partial charge in [0.2, 0.25) is 5.78 Å². The van der Waals surface area contributed by atoms with Crippen molar-refractivity contribution in [2.24, 2.45) is 0 Å². The first-order valence-electron chi connectivity index (χ1n) is 8.21. The minimum Gasteiger partial charge on any atom is -0.452 e. The van der Waals surface area contributed by atoms with Gasteiger partial charge in [0.05, 0.1) is 11.1 Å². The molecule has 0 spiro atoms. The van der Waals surface area contributed by atoms with Crippen molar-refractivity contribution in [1.29, 1.82) is 0 Å². The predicted octanol–water partition coefficient (Wildman–Crippen LogP) is 5.28. The van der Waals surface area contributed by atoms with Gasteiger partial charge in [0.1, 0.15) is 11.5 Å². The number of ether oxygens (including phenoxy) is 2. The van der Waals surface area contributed by atoms with Crippen LogP contribution in [0, 0.1) is 0 Å². The summed E-state index contributed by atoms with van der Waals surface area (Å²) in [5.41, 5.74) is 1.73. The van der Waals surface area contributed by atoms with Gasteiger partial charge in [-0.25, -0.2) is 4.79 Å². The highest BCUT2D eigenvalue weighted by molar-refractivity contribution is 9.10. The highest BCUT2D eigenvalue weighted by Gasteiger charge is 2.28. The molecule has 5 heteroatoms. The van der Waals surface area contributed by atoms with E-state index in [2.05, 4.69) is 15.9 Å². The molecule has 1 aliphatic heterocycles. The first-order valence-corrected chi connectivity index (χ1v) is 9.00. The normalized spacial score (nSPS) is 14.0. The maximum Gasteiger partial charge on any atom is 0.343 e. The van der Waals surface area contributed by atoms with Crippen molar-refractivity contribution in [1.82, 2.24) is 0 Å². The molecule has 0 saturated heterocycles. The summed E-state index contributed by atoms with van der Waals surface area (Å²) >= 11 is 3.40. The van der Waals surface area contributed by atoms with Crippen LogP contribution in [0.2, 0.25) is 0 Å². The molecular formula is C22H13BrO4. The van der Waals surface area contributed by atoms with Crippen molar-refractivity contribution < 1.29 is 19.1 Å². The average Bonchev–Trinajstić information content (AvgIpc) is 2.97. The van der Waals surface area contributed by atoms with E-state index in [0.717, 1.165) is 10.0 Å². The monoisotopic (exact) mass is 420 g/mol. The fourth-order valence-electron chi connectivity index (χ4n) is 2.72. The van der Waals surface area contributed by atoms with Crippen LogP contribution in [0.4, 0.5) is 0 Å². The third-order valence-corrected chi connectivity index (χ3v) is 4.50. The summed E-state index contributed by atoms with van der Waals surface area (Å²) in [6, 6.07) is 21.0. The van der Waals surface area contributed by atoms with Gasteiger partial charge in [0.15, 0.2) is 5.76 Å². The number of fused-ring (bicyclic) bond motifs is 1. The molecule has 0 atom stereocenters. The highest BCUT2D eigenvalue weighted by atomic mass is 79.9. The van der Waals surface area contributed by atoms with Gasteiger partial charge in [0, 0.05) is 10.5 Å². The number of hydrogen-bond acceptors (Lipinski definition) is 4. The Morgan fingerprint density at radius 3 is 2.56 bits per heavy atom. The molecule has 0 saturated carbocycles. The highest BCUT2D eigenvalue weighted by Crippen LogP contribution is 2.35. The van der Waals surface area contributed by atoms with Crippen LogP contribution in [-0.2, 0) is 0 Å². The van der Waals surface area contributed by atoms with Crippen LogP contribution in [0.15, 0.2) is 83.0 Å². The van der Waals surface area contributed by atoms with Crippen molar-refractivity contribution in [3.63, 3.8) is 0 Å². The number of halogens is 1. The summed E-state index contributed by atoms with van der Waals surface area (Å²) in [5, 5.41) is 0. The van der Waals surface area contributed by atoms with Crippen LogP contribution in [0.3, 0.4) is 0 Å². The summed E-state index contributed by atoms with van der Waals surface area (Å²) in [6.07, 6.45) is 1.68. The third kappa shape index (κ3) is 3.68. The quantitative estimate of drug-likeness (QED) is 0.328. The molecule has 3 aromatic rings. The minimum absolute atomic E-state index is 0.203. The molecule has 0 aromatic heterocycles. The van der Waals surface area contributed by atoms with E-state index in [1.807, 2.05) is 30.3 Å². The summed E-state index contributed by atoms with van der Waals surface area (Å²) in [5.74, 6) is 0.254. The number of Topliss-reactive ketones (excluding diaryl/α,β-unsaturated/α-hetero) is 1. The molecule has 1 heterocycles. The molecule has 0 radical (unpaired) electrons. The first-order chi connectivity index (χ1) is 13.1. The van der Waals surface area contributed by atoms with Gasteiger partial charge in [-0.3, -0.25) is 4.79 Å². The lowest BCUT2D eigenvalue weighted by molar-refractivity contribution is 0.0734. The lowest BCUT2D eigenvalue weighted by Gasteiger charge is -2.05. The van der Waals surface area contributed by atoms with Crippen LogP contribution in [0.5, 0.6) is 11.5 Å². The molecule has 4 nitrogen and oxygen atoms in total. The standard InChI is InChI=1S/C22H13BrO4/c23-16-8-4-5-14(11-16)12-20-21(24)18-10-9-17(13-19(18)27-20)26-22(25)15-6-2-1-3-7-15/h1-13H. The second-order valence-corrected chi connectivity index (χ2v) is 6.82. The zero-order valence-electron chi connectivity index (χ0n) is 14.0. The number of carbonyl (C=O) groups is 2. The van der Waals surface area contributed by atoms with Gasteiger partial charge in [-0.15, -0.1) is 0 Å². The number of hydrogen-bond donors (Lipinski definition) is 0. The average molecular weight is 421 g/mol. The fourth-order valence-corrected chi connectivity index (χ4v) is 3.14. The Morgan fingerprint density at radius 2 is 1.78 bits per heavy atom. The molecule has 0 bridgehead atoms. The molecule has 0 fully saturated rings. The summed E-state index contributed by atoms with van der Waals surface area (Å²) in [7, 11) is 0. The Morgan fingerprint density at radius 1 is 0.963 bits per heavy atom. The number of benzene rings is 3. The lowest BCUT2D eigenvalue weighted by atomic mass is 10.1. The molecule has 3 aromatic carbocycles. The molecule has 0 amide bonds. The Kier molecular flexibility index (Phi) is 4.60. The second-order valence-electron chi connectivity index (χ2n) is 5.91. The molecule has 4 rings (SSSR count). The zero-order valence-corrected chi connectivity index (χ0v) is 15.6. The predicted molar refractivity (Wildman–Crippen MR) is 105 cm³/mol. The smallest absolute Gasteiger partial charge is 0.343 e. The van der Waals surface area contributed by atoms with Gasteiger partial charge in [-0.2, -0.15) is 0 Å². The van der Waals surface area contributed by atoms with E-state index in [-0.39, 0.29) is 11.5 Å². The Balaban J connectivity index is 1.57. The maximum absolute atomic E-state index is 12.5. The van der Waals surface area contributed by atoms with E-state index < -0.39 is 5.97 Å². The van der Waals surface area contributed by atoms with E-state index in [1.165, 1.54) is 0 Å². The van der Waals surface area contributed by atoms with Gasteiger partial charge in [0.25, 0.3) is 0 Å². The third-order valence-electron chi connectivity index (χ3n) is 4.01. The SMILES string of the molecule is O=C(Oc1ccc2c(c1)OC(=Cc1cccc(Br)c1)C2=O)c1ccccc1. The minimum atomic E-state index is -0.468. The first kappa shape index (κ1) is 17.2. The maximum atomic E-state index is 12.5. The van der Waals surface area contributed by atoms with Crippen LogP contribution in [-0.4, -0.2) is 11.8 Å². The van der Waals surface area contributed by atoms with E-state index in [1.54, 1.807) is 48.5 Å². The second kappa shape index (κ2) is 7.21. The molecule has 0 N–H and O–H groups in total. The fraction of sp³-hybridized carbons (Fsp3) is 0. The van der Waals surface area contributed by atoms with Crippen molar-refractivity contribution in [2.45, 2.75) is 0 Å². The van der Waals surface area contributed by atoms with Crippen LogP contribution in [0.1, 0.15) is 26.3 Å². The Labute approximate surface area is 164 Å². The van der Waals surface area contributed by atoms with Crippen molar-refractivity contribution in [2.75, 3.05) is 0 Å². The molecule has 27 heavy (non-hydrogen) atoms. The summed E-state index contributed by atoms with van der Waals surface area (Å²) in [6.45, 7) is 0. The summed E-state index contributed by atoms with van der Waals surface area (Å²) < 4.78 is 12.0. The van der Waals surface area contributed by atoms with Gasteiger partial charge < -0.3 is 9.47 Å². The van der Waals surface area contributed by atoms with E-state index in [9.17, 15) is 9.59 Å². The number of ketones is 1. The zero-order chi connectivity index (χ0) is 18.8. The topological polar surface area (TPSA) is 52.6 Å². The molecule has 0 unspecified atom stereocenters.